The number of pyridine rings is 1. The van der Waals surface area contributed by atoms with Crippen molar-refractivity contribution in [3.63, 3.8) is 0 Å². The fourth-order valence-electron chi connectivity index (χ4n) is 1.55. The zero-order chi connectivity index (χ0) is 15.2. The topological polar surface area (TPSA) is 79.3 Å². The van der Waals surface area contributed by atoms with E-state index in [1.54, 1.807) is 24.3 Å². The van der Waals surface area contributed by atoms with Crippen LogP contribution < -0.4 is 5.32 Å². The Bertz CT molecular complexity index is 679. The molecule has 0 saturated heterocycles. The third kappa shape index (κ3) is 4.47. The van der Waals surface area contributed by atoms with E-state index in [-0.39, 0.29) is 22.2 Å². The van der Waals surface area contributed by atoms with Crippen molar-refractivity contribution < 1.29 is 14.7 Å². The number of thioether (sulfide) groups is 1. The number of aromatic nitrogens is 1. The van der Waals surface area contributed by atoms with Crippen LogP contribution in [0.25, 0.3) is 0 Å². The average Bonchev–Trinajstić information content (AvgIpc) is 2.45. The number of carbonyl (C=O) groups is 2. The van der Waals surface area contributed by atoms with Crippen LogP contribution in [0.4, 0.5) is 5.69 Å². The SMILES string of the molecule is O=C(CNc1cccc(Cl)c1)Sc1ncccc1C(=O)O. The van der Waals surface area contributed by atoms with E-state index in [1.165, 1.54) is 18.3 Å². The van der Waals surface area contributed by atoms with Crippen LogP contribution in [0.1, 0.15) is 10.4 Å². The van der Waals surface area contributed by atoms with Gasteiger partial charge in [0, 0.05) is 16.9 Å². The van der Waals surface area contributed by atoms with Gasteiger partial charge in [-0.15, -0.1) is 0 Å². The molecule has 0 spiro atoms. The van der Waals surface area contributed by atoms with Crippen LogP contribution in [0.5, 0.6) is 0 Å². The lowest BCUT2D eigenvalue weighted by molar-refractivity contribution is -0.109. The zero-order valence-corrected chi connectivity index (χ0v) is 12.3. The number of carboxylic acid groups (broad SMARTS) is 1. The molecular weight excluding hydrogens is 312 g/mol. The Morgan fingerprint density at radius 1 is 1.29 bits per heavy atom. The van der Waals surface area contributed by atoms with Crippen molar-refractivity contribution in [2.75, 3.05) is 11.9 Å². The van der Waals surface area contributed by atoms with Gasteiger partial charge in [-0.1, -0.05) is 17.7 Å². The van der Waals surface area contributed by atoms with Crippen LogP contribution in [-0.4, -0.2) is 27.7 Å². The number of aromatic carboxylic acids is 1. The van der Waals surface area contributed by atoms with Crippen LogP contribution in [0, 0.1) is 0 Å². The number of hydrogen-bond donors (Lipinski definition) is 2. The first-order valence-corrected chi connectivity index (χ1v) is 7.14. The molecule has 108 valence electrons. The zero-order valence-electron chi connectivity index (χ0n) is 10.7. The number of hydrogen-bond acceptors (Lipinski definition) is 5. The lowest BCUT2D eigenvalue weighted by Crippen LogP contribution is -2.11. The van der Waals surface area contributed by atoms with E-state index in [2.05, 4.69) is 10.3 Å². The second kappa shape index (κ2) is 7.10. The molecule has 0 radical (unpaired) electrons. The molecule has 0 fully saturated rings. The molecule has 2 N–H and O–H groups in total. The van der Waals surface area contributed by atoms with Gasteiger partial charge in [-0.3, -0.25) is 4.79 Å². The standard InChI is InChI=1S/C14H11ClN2O3S/c15-9-3-1-4-10(7-9)17-8-12(18)21-13-11(14(19)20)5-2-6-16-13/h1-7,17H,8H2,(H,19,20). The molecule has 0 atom stereocenters. The number of nitrogens with one attached hydrogen (secondary N) is 1. The minimum Gasteiger partial charge on any atom is -0.478 e. The van der Waals surface area contributed by atoms with Crippen LogP contribution in [0.2, 0.25) is 5.02 Å². The number of nitrogens with zero attached hydrogens (tertiary/aromatic N) is 1. The molecule has 5 nitrogen and oxygen atoms in total. The number of halogens is 1. The molecule has 1 aromatic heterocycles. The summed E-state index contributed by atoms with van der Waals surface area (Å²) in [6.45, 7) is 0.0423. The summed E-state index contributed by atoms with van der Waals surface area (Å²) in [6.07, 6.45) is 1.45. The molecule has 1 aromatic carbocycles. The maximum atomic E-state index is 11.9. The molecule has 0 saturated carbocycles. The Labute approximate surface area is 130 Å². The molecule has 2 rings (SSSR count). The van der Waals surface area contributed by atoms with Gasteiger partial charge in [0.1, 0.15) is 5.03 Å². The molecule has 7 heteroatoms. The second-order valence-electron chi connectivity index (χ2n) is 4.00. The number of rotatable bonds is 5. The number of carbonyl (C=O) groups excluding carboxylic acids is 1. The summed E-state index contributed by atoms with van der Waals surface area (Å²) in [5.74, 6) is -1.11. The maximum absolute atomic E-state index is 11.9. The van der Waals surface area contributed by atoms with E-state index in [9.17, 15) is 9.59 Å². The smallest absolute Gasteiger partial charge is 0.338 e. The molecular formula is C14H11ClN2O3S. The van der Waals surface area contributed by atoms with E-state index in [0.29, 0.717) is 5.02 Å². The van der Waals surface area contributed by atoms with Crippen molar-refractivity contribution in [3.8, 4) is 0 Å². The van der Waals surface area contributed by atoms with Crippen LogP contribution in [-0.2, 0) is 4.79 Å². The van der Waals surface area contributed by atoms with Gasteiger partial charge in [-0.05, 0) is 42.1 Å². The fraction of sp³-hybridized carbons (Fsp3) is 0.0714. The van der Waals surface area contributed by atoms with E-state index in [1.807, 2.05) is 0 Å². The van der Waals surface area contributed by atoms with Crippen LogP contribution >= 0.6 is 23.4 Å². The average molecular weight is 323 g/mol. The van der Waals surface area contributed by atoms with Gasteiger partial charge in [0.05, 0.1) is 12.1 Å². The quantitative estimate of drug-likeness (QED) is 0.823. The van der Waals surface area contributed by atoms with Crippen LogP contribution in [0.15, 0.2) is 47.6 Å². The molecule has 0 unspecified atom stereocenters. The predicted octanol–water partition coefficient (Wildman–Crippen LogP) is 3.16. The van der Waals surface area contributed by atoms with E-state index >= 15 is 0 Å². The minimum atomic E-state index is -1.11. The van der Waals surface area contributed by atoms with Gasteiger partial charge in [0.15, 0.2) is 0 Å². The highest BCUT2D eigenvalue weighted by atomic mass is 35.5. The molecule has 0 aliphatic heterocycles. The Balaban J connectivity index is 1.98. The highest BCUT2D eigenvalue weighted by molar-refractivity contribution is 8.13. The van der Waals surface area contributed by atoms with Gasteiger partial charge in [0.25, 0.3) is 0 Å². The summed E-state index contributed by atoms with van der Waals surface area (Å²) in [7, 11) is 0. The first-order valence-electron chi connectivity index (χ1n) is 5.94. The van der Waals surface area contributed by atoms with E-state index < -0.39 is 5.97 Å². The summed E-state index contributed by atoms with van der Waals surface area (Å²) >= 11 is 6.64. The monoisotopic (exact) mass is 322 g/mol. The van der Waals surface area contributed by atoms with E-state index in [4.69, 9.17) is 16.7 Å². The third-order valence-corrected chi connectivity index (χ3v) is 3.60. The van der Waals surface area contributed by atoms with Crippen molar-refractivity contribution in [1.29, 1.82) is 0 Å². The molecule has 1 heterocycles. The van der Waals surface area contributed by atoms with Gasteiger partial charge in [-0.25, -0.2) is 9.78 Å². The molecule has 0 aliphatic rings. The maximum Gasteiger partial charge on any atom is 0.338 e. The van der Waals surface area contributed by atoms with Crippen molar-refractivity contribution in [2.45, 2.75) is 5.03 Å². The van der Waals surface area contributed by atoms with Crippen LogP contribution in [0.3, 0.4) is 0 Å². The number of benzene rings is 1. The summed E-state index contributed by atoms with van der Waals surface area (Å²) in [4.78, 5) is 26.8. The predicted molar refractivity (Wildman–Crippen MR) is 82.0 cm³/mol. The molecule has 0 amide bonds. The van der Waals surface area contributed by atoms with Crippen molar-refractivity contribution in [3.05, 3.63) is 53.2 Å². The summed E-state index contributed by atoms with van der Waals surface area (Å²) in [5.41, 5.74) is 0.731. The van der Waals surface area contributed by atoms with Crippen molar-refractivity contribution in [2.24, 2.45) is 0 Å². The lowest BCUT2D eigenvalue weighted by atomic mass is 10.3. The highest BCUT2D eigenvalue weighted by Crippen LogP contribution is 2.21. The van der Waals surface area contributed by atoms with Crippen molar-refractivity contribution >= 4 is 40.1 Å². The number of carboxylic acids is 1. The number of anilines is 1. The molecule has 21 heavy (non-hydrogen) atoms. The third-order valence-electron chi connectivity index (χ3n) is 2.47. The molecule has 0 bridgehead atoms. The largest absolute Gasteiger partial charge is 0.478 e. The van der Waals surface area contributed by atoms with Crippen molar-refractivity contribution in [1.82, 2.24) is 4.98 Å². The summed E-state index contributed by atoms with van der Waals surface area (Å²) in [6, 6.07) is 9.91. The lowest BCUT2D eigenvalue weighted by Gasteiger charge is -2.06. The van der Waals surface area contributed by atoms with Gasteiger partial charge in [0.2, 0.25) is 5.12 Å². The van der Waals surface area contributed by atoms with E-state index in [0.717, 1.165) is 17.4 Å². The normalized spacial score (nSPS) is 10.1. The Morgan fingerprint density at radius 2 is 2.10 bits per heavy atom. The highest BCUT2D eigenvalue weighted by Gasteiger charge is 2.14. The summed E-state index contributed by atoms with van der Waals surface area (Å²) < 4.78 is 0. The van der Waals surface area contributed by atoms with Gasteiger partial charge in [-0.2, -0.15) is 0 Å². The fourth-order valence-corrected chi connectivity index (χ4v) is 2.48. The Hall–Kier alpha value is -2.05. The Kier molecular flexibility index (Phi) is 5.19. The minimum absolute atomic E-state index is 0.0126. The summed E-state index contributed by atoms with van der Waals surface area (Å²) in [5, 5.41) is 12.5. The Morgan fingerprint density at radius 3 is 2.81 bits per heavy atom. The second-order valence-corrected chi connectivity index (χ2v) is 5.48. The molecule has 0 aliphatic carbocycles. The molecule has 2 aromatic rings. The van der Waals surface area contributed by atoms with Gasteiger partial charge < -0.3 is 10.4 Å². The first kappa shape index (κ1) is 15.3. The first-order chi connectivity index (χ1) is 10.1. The van der Waals surface area contributed by atoms with Gasteiger partial charge >= 0.3 is 5.97 Å².